The Morgan fingerprint density at radius 2 is 1.71 bits per heavy atom. The Hall–Kier alpha value is -4.06. The average molecular weight is 370 g/mol. The normalized spacial score (nSPS) is 11.5. The number of rotatable bonds is 5. The van der Waals surface area contributed by atoms with E-state index in [-0.39, 0.29) is 22.9 Å². The third kappa shape index (κ3) is 3.43. The number of nitrogens with zero attached hydrogens (tertiary/aromatic N) is 2. The second-order valence-corrected chi connectivity index (χ2v) is 6.09. The molecule has 0 unspecified atom stereocenters. The van der Waals surface area contributed by atoms with Gasteiger partial charge in [-0.1, -0.05) is 54.6 Å². The molecule has 0 spiro atoms. The first kappa shape index (κ1) is 17.4. The van der Waals surface area contributed by atoms with E-state index in [1.165, 1.54) is 12.1 Å². The summed E-state index contributed by atoms with van der Waals surface area (Å²) in [5.41, 5.74) is 2.34. The molecule has 6 nitrogen and oxygen atoms in total. The van der Waals surface area contributed by atoms with Gasteiger partial charge in [-0.3, -0.25) is 14.9 Å². The first-order valence-corrected chi connectivity index (χ1v) is 8.54. The van der Waals surface area contributed by atoms with Gasteiger partial charge in [0.05, 0.1) is 10.5 Å². The fraction of sp³-hybridized carbons (Fsp3) is 0. The number of aromatic nitrogens is 1. The van der Waals surface area contributed by atoms with Crippen LogP contribution in [0, 0.1) is 10.1 Å². The Kier molecular flexibility index (Phi) is 4.51. The van der Waals surface area contributed by atoms with Crippen LogP contribution in [0.2, 0.25) is 0 Å². The second kappa shape index (κ2) is 7.28. The number of hydrogen-bond acceptors (Lipinski definition) is 5. The standard InChI is InChI=1S/C22H14N2O4/c25-21(16-8-2-1-3-9-16)18(14-15-7-6-10-17(13-15)24(26)27)22-23-19-11-4-5-12-20(19)28-22/h1-14H/b18-14+. The molecule has 0 aliphatic rings. The number of non-ortho nitro benzene ring substituents is 1. The number of para-hydroxylation sites is 2. The van der Waals surface area contributed by atoms with Crippen LogP contribution < -0.4 is 0 Å². The Bertz CT molecular complexity index is 1180. The van der Waals surface area contributed by atoms with Gasteiger partial charge in [0.15, 0.2) is 11.4 Å². The zero-order valence-electron chi connectivity index (χ0n) is 14.6. The first-order chi connectivity index (χ1) is 13.6. The number of carbonyl (C=O) groups is 1. The van der Waals surface area contributed by atoms with Gasteiger partial charge >= 0.3 is 0 Å². The van der Waals surface area contributed by atoms with Crippen LogP contribution >= 0.6 is 0 Å². The van der Waals surface area contributed by atoms with Crippen molar-refractivity contribution in [3.63, 3.8) is 0 Å². The van der Waals surface area contributed by atoms with Crippen LogP contribution in [-0.4, -0.2) is 15.7 Å². The number of fused-ring (bicyclic) bond motifs is 1. The maximum atomic E-state index is 13.1. The summed E-state index contributed by atoms with van der Waals surface area (Å²) in [6.45, 7) is 0. The lowest BCUT2D eigenvalue weighted by Crippen LogP contribution is -2.03. The van der Waals surface area contributed by atoms with E-state index in [2.05, 4.69) is 4.98 Å². The third-order valence-corrected chi connectivity index (χ3v) is 4.20. The van der Waals surface area contributed by atoms with Crippen molar-refractivity contribution < 1.29 is 14.1 Å². The van der Waals surface area contributed by atoms with Crippen LogP contribution in [0.1, 0.15) is 21.8 Å². The van der Waals surface area contributed by atoms with Crippen molar-refractivity contribution in [2.75, 3.05) is 0 Å². The minimum Gasteiger partial charge on any atom is -0.436 e. The Morgan fingerprint density at radius 3 is 2.46 bits per heavy atom. The minimum atomic E-state index is -0.477. The number of carbonyl (C=O) groups excluding carboxylic acids is 1. The molecule has 0 saturated heterocycles. The topological polar surface area (TPSA) is 86.2 Å². The van der Waals surface area contributed by atoms with E-state index in [1.54, 1.807) is 54.6 Å². The van der Waals surface area contributed by atoms with Crippen molar-refractivity contribution in [3.05, 3.63) is 106 Å². The van der Waals surface area contributed by atoms with Crippen LogP contribution in [0.5, 0.6) is 0 Å². The summed E-state index contributed by atoms with van der Waals surface area (Å²) in [6.07, 6.45) is 1.56. The zero-order chi connectivity index (χ0) is 19.5. The molecule has 0 saturated carbocycles. The van der Waals surface area contributed by atoms with Gasteiger partial charge in [-0.25, -0.2) is 4.98 Å². The number of ketones is 1. The van der Waals surface area contributed by atoms with Crippen LogP contribution in [-0.2, 0) is 0 Å². The zero-order valence-corrected chi connectivity index (χ0v) is 14.6. The lowest BCUT2D eigenvalue weighted by atomic mass is 10.0. The van der Waals surface area contributed by atoms with Crippen molar-refractivity contribution in [1.29, 1.82) is 0 Å². The van der Waals surface area contributed by atoms with E-state index < -0.39 is 4.92 Å². The van der Waals surface area contributed by atoms with Crippen molar-refractivity contribution in [1.82, 2.24) is 4.98 Å². The fourth-order valence-corrected chi connectivity index (χ4v) is 2.85. The second-order valence-electron chi connectivity index (χ2n) is 6.09. The molecule has 0 bridgehead atoms. The van der Waals surface area contributed by atoms with Gasteiger partial charge in [-0.05, 0) is 23.8 Å². The average Bonchev–Trinajstić information content (AvgIpc) is 3.16. The van der Waals surface area contributed by atoms with Gasteiger partial charge in [0.1, 0.15) is 5.52 Å². The van der Waals surface area contributed by atoms with Crippen molar-refractivity contribution in [2.24, 2.45) is 0 Å². The molecular weight excluding hydrogens is 356 g/mol. The van der Waals surface area contributed by atoms with Crippen LogP contribution in [0.15, 0.2) is 83.3 Å². The van der Waals surface area contributed by atoms with Gasteiger partial charge in [-0.15, -0.1) is 0 Å². The van der Waals surface area contributed by atoms with Crippen LogP contribution in [0.3, 0.4) is 0 Å². The highest BCUT2D eigenvalue weighted by molar-refractivity contribution is 6.31. The van der Waals surface area contributed by atoms with Crippen molar-refractivity contribution in [3.8, 4) is 0 Å². The molecule has 1 aromatic heterocycles. The highest BCUT2D eigenvalue weighted by atomic mass is 16.6. The third-order valence-electron chi connectivity index (χ3n) is 4.20. The lowest BCUT2D eigenvalue weighted by molar-refractivity contribution is -0.384. The Balaban J connectivity index is 1.87. The smallest absolute Gasteiger partial charge is 0.270 e. The lowest BCUT2D eigenvalue weighted by Gasteiger charge is -2.04. The molecule has 0 amide bonds. The molecule has 0 atom stereocenters. The van der Waals surface area contributed by atoms with Crippen molar-refractivity contribution >= 4 is 34.2 Å². The SMILES string of the molecule is O=C(/C(=C\c1cccc([N+](=O)[O-])c1)c1nc2ccccc2o1)c1ccccc1. The van der Waals surface area contributed by atoms with Gasteiger partial charge in [-0.2, -0.15) is 0 Å². The van der Waals surface area contributed by atoms with E-state index in [0.717, 1.165) is 0 Å². The molecule has 0 fully saturated rings. The number of hydrogen-bond donors (Lipinski definition) is 0. The molecule has 0 aliphatic carbocycles. The maximum absolute atomic E-state index is 13.1. The van der Waals surface area contributed by atoms with Crippen LogP contribution in [0.25, 0.3) is 22.7 Å². The maximum Gasteiger partial charge on any atom is 0.270 e. The summed E-state index contributed by atoms with van der Waals surface area (Å²) in [7, 11) is 0. The number of nitro benzene ring substituents is 1. The molecule has 3 aromatic carbocycles. The monoisotopic (exact) mass is 370 g/mol. The summed E-state index contributed by atoms with van der Waals surface area (Å²) in [5.74, 6) is -0.111. The number of benzene rings is 3. The van der Waals surface area contributed by atoms with Gasteiger partial charge in [0.2, 0.25) is 5.89 Å². The van der Waals surface area contributed by atoms with E-state index in [9.17, 15) is 14.9 Å². The summed E-state index contributed by atoms with van der Waals surface area (Å²) in [4.78, 5) is 28.2. The van der Waals surface area contributed by atoms with Gasteiger partial charge in [0, 0.05) is 17.7 Å². The van der Waals surface area contributed by atoms with Crippen molar-refractivity contribution in [2.45, 2.75) is 0 Å². The van der Waals surface area contributed by atoms with Gasteiger partial charge in [0.25, 0.3) is 5.69 Å². The van der Waals surface area contributed by atoms with E-state index in [0.29, 0.717) is 22.2 Å². The molecule has 6 heteroatoms. The Labute approximate surface area is 159 Å². The van der Waals surface area contributed by atoms with Gasteiger partial charge < -0.3 is 4.42 Å². The molecule has 4 rings (SSSR count). The minimum absolute atomic E-state index is 0.0576. The van der Waals surface area contributed by atoms with E-state index in [1.807, 2.05) is 18.2 Å². The molecule has 0 aliphatic heterocycles. The molecule has 0 radical (unpaired) electrons. The molecule has 136 valence electrons. The predicted molar refractivity (Wildman–Crippen MR) is 106 cm³/mol. The fourth-order valence-electron chi connectivity index (χ4n) is 2.85. The molecular formula is C22H14N2O4. The summed E-state index contributed by atoms with van der Waals surface area (Å²) in [6, 6.07) is 22.0. The number of allylic oxidation sites excluding steroid dienone is 1. The largest absolute Gasteiger partial charge is 0.436 e. The van der Waals surface area contributed by atoms with E-state index in [4.69, 9.17) is 4.42 Å². The Morgan fingerprint density at radius 1 is 0.964 bits per heavy atom. The highest BCUT2D eigenvalue weighted by Gasteiger charge is 2.20. The molecule has 4 aromatic rings. The first-order valence-electron chi connectivity index (χ1n) is 8.54. The summed E-state index contributed by atoms with van der Waals surface area (Å²) in [5, 5.41) is 11.1. The quantitative estimate of drug-likeness (QED) is 0.210. The summed E-state index contributed by atoms with van der Waals surface area (Å²) >= 11 is 0. The molecule has 1 heterocycles. The number of oxazole rings is 1. The molecule has 28 heavy (non-hydrogen) atoms. The molecule has 0 N–H and O–H groups in total. The summed E-state index contributed by atoms with van der Waals surface area (Å²) < 4.78 is 5.79. The van der Waals surface area contributed by atoms with Crippen LogP contribution in [0.4, 0.5) is 5.69 Å². The predicted octanol–water partition coefficient (Wildman–Crippen LogP) is 5.16. The van der Waals surface area contributed by atoms with E-state index >= 15 is 0 Å². The number of Topliss-reactive ketones (excluding diaryl/α,β-unsaturated/α-hetero) is 1. The number of nitro groups is 1. The highest BCUT2D eigenvalue weighted by Crippen LogP contribution is 2.27.